The highest BCUT2D eigenvalue weighted by Gasteiger charge is 2.28. The van der Waals surface area contributed by atoms with Crippen LogP contribution in [0.2, 0.25) is 0 Å². The number of hydrogen-bond donors (Lipinski definition) is 1. The number of nitrogens with zero attached hydrogens (tertiary/aromatic N) is 4. The molecule has 0 bridgehead atoms. The highest BCUT2D eigenvalue weighted by atomic mass is 16.5. The van der Waals surface area contributed by atoms with Crippen molar-refractivity contribution in [3.05, 3.63) is 24.3 Å². The van der Waals surface area contributed by atoms with Gasteiger partial charge >= 0.3 is 0 Å². The number of amides is 1. The number of nitrogens with one attached hydrogen (secondary N) is 1. The van der Waals surface area contributed by atoms with Gasteiger partial charge in [0.25, 0.3) is 0 Å². The monoisotopic (exact) mass is 273 g/mol. The van der Waals surface area contributed by atoms with E-state index in [1.165, 1.54) is 7.11 Å². The van der Waals surface area contributed by atoms with E-state index in [0.717, 1.165) is 29.9 Å². The van der Waals surface area contributed by atoms with Crippen LogP contribution in [-0.2, 0) is 9.53 Å². The number of rotatable bonds is 5. The molecule has 7 heteroatoms. The van der Waals surface area contributed by atoms with Crippen molar-refractivity contribution in [3.63, 3.8) is 0 Å². The molecule has 1 aromatic heterocycles. The molecule has 20 heavy (non-hydrogen) atoms. The van der Waals surface area contributed by atoms with Crippen molar-refractivity contribution in [2.45, 2.75) is 18.9 Å². The van der Waals surface area contributed by atoms with Gasteiger partial charge in [-0.1, -0.05) is 0 Å². The van der Waals surface area contributed by atoms with Crippen molar-refractivity contribution in [2.75, 3.05) is 19.0 Å². The molecule has 7 nitrogen and oxygen atoms in total. The molecule has 0 saturated heterocycles. The Balaban J connectivity index is 1.75. The van der Waals surface area contributed by atoms with E-state index in [0.29, 0.717) is 6.04 Å². The van der Waals surface area contributed by atoms with Crippen molar-refractivity contribution >= 4 is 11.6 Å². The van der Waals surface area contributed by atoms with E-state index in [-0.39, 0.29) is 12.5 Å². The zero-order valence-electron chi connectivity index (χ0n) is 11.1. The maximum atomic E-state index is 11.4. The van der Waals surface area contributed by atoms with Crippen LogP contribution in [-0.4, -0.2) is 39.8 Å². The summed E-state index contributed by atoms with van der Waals surface area (Å²) in [6, 6.07) is 7.88. The molecule has 2 aromatic rings. The number of methoxy groups -OCH3 is 1. The standard InChI is InChI=1S/C13H15N5O2/c1-20-8-12(19)14-10-4-2-9(3-5-10)13-15-16-17-18(13)11-6-7-11/h2-5,11H,6-8H2,1H3,(H,14,19). The van der Waals surface area contributed by atoms with Crippen LogP contribution >= 0.6 is 0 Å². The van der Waals surface area contributed by atoms with Gasteiger partial charge in [0.2, 0.25) is 5.91 Å². The SMILES string of the molecule is COCC(=O)Nc1ccc(-c2nnnn2C2CC2)cc1. The minimum atomic E-state index is -0.178. The maximum Gasteiger partial charge on any atom is 0.250 e. The second-order valence-corrected chi connectivity index (χ2v) is 4.74. The third-order valence-corrected chi connectivity index (χ3v) is 3.09. The minimum Gasteiger partial charge on any atom is -0.375 e. The zero-order chi connectivity index (χ0) is 13.9. The highest BCUT2D eigenvalue weighted by molar-refractivity contribution is 5.91. The minimum absolute atomic E-state index is 0.0433. The Kier molecular flexibility index (Phi) is 3.42. The van der Waals surface area contributed by atoms with Gasteiger partial charge in [-0.15, -0.1) is 5.10 Å². The van der Waals surface area contributed by atoms with Gasteiger partial charge in [0.15, 0.2) is 5.82 Å². The maximum absolute atomic E-state index is 11.4. The summed E-state index contributed by atoms with van der Waals surface area (Å²) in [6.45, 7) is 0.0433. The van der Waals surface area contributed by atoms with Gasteiger partial charge in [-0.25, -0.2) is 4.68 Å². The molecule has 1 heterocycles. The van der Waals surface area contributed by atoms with Gasteiger partial charge in [0, 0.05) is 18.4 Å². The Hall–Kier alpha value is -2.28. The summed E-state index contributed by atoms with van der Waals surface area (Å²) in [5.41, 5.74) is 1.66. The van der Waals surface area contributed by atoms with Crippen LogP contribution in [0.1, 0.15) is 18.9 Å². The fourth-order valence-corrected chi connectivity index (χ4v) is 1.98. The predicted molar refractivity (Wildman–Crippen MR) is 72.0 cm³/mol. The van der Waals surface area contributed by atoms with E-state index in [9.17, 15) is 4.79 Å². The first-order chi connectivity index (χ1) is 9.78. The lowest BCUT2D eigenvalue weighted by molar-refractivity contribution is -0.119. The molecule has 1 saturated carbocycles. The molecule has 1 fully saturated rings. The quantitative estimate of drug-likeness (QED) is 0.886. The largest absolute Gasteiger partial charge is 0.375 e. The molecular formula is C13H15N5O2. The Morgan fingerprint density at radius 2 is 2.15 bits per heavy atom. The second kappa shape index (κ2) is 5.38. The van der Waals surface area contributed by atoms with Crippen molar-refractivity contribution in [1.29, 1.82) is 0 Å². The molecule has 0 unspecified atom stereocenters. The van der Waals surface area contributed by atoms with Gasteiger partial charge in [-0.3, -0.25) is 4.79 Å². The number of tetrazole rings is 1. The van der Waals surface area contributed by atoms with Gasteiger partial charge < -0.3 is 10.1 Å². The molecule has 1 aliphatic carbocycles. The fraction of sp³-hybridized carbons (Fsp3) is 0.385. The van der Waals surface area contributed by atoms with Crippen LogP contribution in [0.4, 0.5) is 5.69 Å². The summed E-state index contributed by atoms with van der Waals surface area (Å²) in [5, 5.41) is 14.6. The van der Waals surface area contributed by atoms with Crippen molar-refractivity contribution in [3.8, 4) is 11.4 Å². The molecule has 1 amide bonds. The first kappa shape index (κ1) is 12.7. The molecular weight excluding hydrogens is 258 g/mol. The highest BCUT2D eigenvalue weighted by Crippen LogP contribution is 2.36. The summed E-state index contributed by atoms with van der Waals surface area (Å²) in [4.78, 5) is 11.4. The summed E-state index contributed by atoms with van der Waals surface area (Å²) < 4.78 is 6.63. The summed E-state index contributed by atoms with van der Waals surface area (Å²) >= 11 is 0. The molecule has 104 valence electrons. The van der Waals surface area contributed by atoms with Gasteiger partial charge in [-0.05, 0) is 47.5 Å². The van der Waals surface area contributed by atoms with Gasteiger partial charge in [-0.2, -0.15) is 0 Å². The first-order valence-electron chi connectivity index (χ1n) is 6.45. The second-order valence-electron chi connectivity index (χ2n) is 4.74. The number of anilines is 1. The van der Waals surface area contributed by atoms with Crippen LogP contribution in [0.5, 0.6) is 0 Å². The third-order valence-electron chi connectivity index (χ3n) is 3.09. The smallest absolute Gasteiger partial charge is 0.250 e. The van der Waals surface area contributed by atoms with Crippen molar-refractivity contribution < 1.29 is 9.53 Å². The van der Waals surface area contributed by atoms with Crippen molar-refractivity contribution in [2.24, 2.45) is 0 Å². The molecule has 1 aliphatic rings. The number of carbonyl (C=O) groups is 1. The molecule has 0 aliphatic heterocycles. The fourth-order valence-electron chi connectivity index (χ4n) is 1.98. The Morgan fingerprint density at radius 1 is 1.40 bits per heavy atom. The summed E-state index contributed by atoms with van der Waals surface area (Å²) in [7, 11) is 1.49. The van der Waals surface area contributed by atoms with Crippen LogP contribution in [0.3, 0.4) is 0 Å². The molecule has 3 rings (SSSR count). The summed E-state index contributed by atoms with van der Waals surface area (Å²) in [6.07, 6.45) is 2.26. The molecule has 0 radical (unpaired) electrons. The number of hydrogen-bond acceptors (Lipinski definition) is 5. The molecule has 0 atom stereocenters. The third kappa shape index (κ3) is 2.67. The Labute approximate surface area is 115 Å². The average Bonchev–Trinajstić information content (AvgIpc) is 3.18. The first-order valence-corrected chi connectivity index (χ1v) is 6.45. The number of carbonyl (C=O) groups excluding carboxylic acids is 1. The average molecular weight is 273 g/mol. The van der Waals surface area contributed by atoms with Crippen LogP contribution in [0.25, 0.3) is 11.4 Å². The lowest BCUT2D eigenvalue weighted by atomic mass is 10.2. The van der Waals surface area contributed by atoms with Crippen molar-refractivity contribution in [1.82, 2.24) is 20.2 Å². The normalized spacial score (nSPS) is 14.2. The van der Waals surface area contributed by atoms with Gasteiger partial charge in [0.05, 0.1) is 6.04 Å². The lowest BCUT2D eigenvalue weighted by Crippen LogP contribution is -2.16. The van der Waals surface area contributed by atoms with E-state index in [2.05, 4.69) is 20.8 Å². The van der Waals surface area contributed by atoms with E-state index >= 15 is 0 Å². The summed E-state index contributed by atoms with van der Waals surface area (Å²) in [5.74, 6) is 0.588. The zero-order valence-corrected chi connectivity index (χ0v) is 11.1. The van der Waals surface area contributed by atoms with E-state index in [4.69, 9.17) is 4.74 Å². The number of benzene rings is 1. The molecule has 1 aromatic carbocycles. The molecule has 0 spiro atoms. The molecule has 1 N–H and O–H groups in total. The predicted octanol–water partition coefficient (Wildman–Crippen LogP) is 1.26. The van der Waals surface area contributed by atoms with E-state index < -0.39 is 0 Å². The van der Waals surface area contributed by atoms with Crippen LogP contribution in [0, 0.1) is 0 Å². The lowest BCUT2D eigenvalue weighted by Gasteiger charge is -2.06. The van der Waals surface area contributed by atoms with E-state index in [1.807, 2.05) is 28.9 Å². The topological polar surface area (TPSA) is 81.9 Å². The Bertz CT molecular complexity index is 603. The van der Waals surface area contributed by atoms with Gasteiger partial charge in [0.1, 0.15) is 6.61 Å². The van der Waals surface area contributed by atoms with Crippen LogP contribution < -0.4 is 5.32 Å². The number of aromatic nitrogens is 4. The van der Waals surface area contributed by atoms with E-state index in [1.54, 1.807) is 0 Å². The Morgan fingerprint density at radius 3 is 2.80 bits per heavy atom. The van der Waals surface area contributed by atoms with Crippen LogP contribution in [0.15, 0.2) is 24.3 Å². The number of ether oxygens (including phenoxy) is 1.